The van der Waals surface area contributed by atoms with E-state index in [1.54, 1.807) is 9.80 Å². The molecule has 0 atom stereocenters. The molecule has 3 amide bonds. The van der Waals surface area contributed by atoms with Crippen molar-refractivity contribution in [2.24, 2.45) is 0 Å². The van der Waals surface area contributed by atoms with Crippen molar-refractivity contribution in [3.8, 4) is 0 Å². The summed E-state index contributed by atoms with van der Waals surface area (Å²) in [5.74, 6) is 0. The molecule has 13 heteroatoms. The van der Waals surface area contributed by atoms with E-state index in [4.69, 9.17) is 30.4 Å². The molecule has 384 valence electrons. The summed E-state index contributed by atoms with van der Waals surface area (Å²) in [5, 5.41) is 9.79. The number of aliphatic hydroxyl groups excluding tert-OH is 1. The third-order valence-electron chi connectivity index (χ3n) is 14.8. The first-order chi connectivity index (χ1) is 33.5. The van der Waals surface area contributed by atoms with Gasteiger partial charge < -0.3 is 19.3 Å². The zero-order valence-corrected chi connectivity index (χ0v) is 44.1. The summed E-state index contributed by atoms with van der Waals surface area (Å²) in [7, 11) is 0. The maximum atomic E-state index is 12.7. The first-order valence-electron chi connectivity index (χ1n) is 25.8. The summed E-state index contributed by atoms with van der Waals surface area (Å²) in [5.41, 5.74) is 8.05. The predicted octanol–water partition coefficient (Wildman–Crippen LogP) is 13.7. The highest BCUT2D eigenvalue weighted by atomic mass is 16.6. The average Bonchev–Trinajstić information content (AvgIpc) is 3.92. The van der Waals surface area contributed by atoms with E-state index in [9.17, 15) is 19.5 Å². The summed E-state index contributed by atoms with van der Waals surface area (Å²) < 4.78 is 16.8. The number of amides is 3. The van der Waals surface area contributed by atoms with E-state index >= 15 is 0 Å². The molecule has 3 heterocycles. The summed E-state index contributed by atoms with van der Waals surface area (Å²) >= 11 is 0. The molecule has 0 bridgehead atoms. The lowest BCUT2D eigenvalue weighted by Gasteiger charge is -2.35. The highest BCUT2D eigenvalue weighted by molar-refractivity contribution is 5.95. The van der Waals surface area contributed by atoms with E-state index in [0.717, 1.165) is 73.3 Å². The fourth-order valence-corrected chi connectivity index (χ4v) is 12.3. The first-order valence-corrected chi connectivity index (χ1v) is 25.8. The summed E-state index contributed by atoms with van der Waals surface area (Å²) in [6.07, 6.45) is 17.1. The molecular formula is C58H78N4O9. The van der Waals surface area contributed by atoms with Gasteiger partial charge in [-0.1, -0.05) is 94.2 Å². The van der Waals surface area contributed by atoms with Gasteiger partial charge in [-0.3, -0.25) is 14.7 Å². The van der Waals surface area contributed by atoms with Gasteiger partial charge in [0, 0.05) is 41.6 Å². The molecule has 0 unspecified atom stereocenters. The van der Waals surface area contributed by atoms with Crippen molar-refractivity contribution in [2.75, 3.05) is 34.3 Å². The highest BCUT2D eigenvalue weighted by Gasteiger charge is 2.50. The fraction of sp³-hybridized carbons (Fsp3) is 0.603. The number of anilines is 3. The number of rotatable bonds is 1. The molecule has 0 aromatic heterocycles. The lowest BCUT2D eigenvalue weighted by Crippen LogP contribution is -2.41. The maximum Gasteiger partial charge on any atom is 0.414 e. The standard InChI is InChI=1S/C19H24N2O2.C19H27NO3.C19H27NO2.CO2/c1-18(2,3)23-17(22)21-13-19(11-6-5-7-12-19)16-14(20-4)9-8-10-15(16)21;1-18(2,3)23-17(22)20-13-19(10-5-4-6-11-19)16-14(12-21)8-7-9-15(16)20;1-14-9-8-10-15-16(14)19(11-6-5-7-12-19)13-20(15)17(21)22-18(2,3)4;2-1-3/h8-10H,5-7,11-13H2,1-3H3;7-9,21H,4-6,10-13H2,1-3H3;8-10H,5-7,11-13H2,1-4H3;. The Kier molecular flexibility index (Phi) is 16.9. The quantitative estimate of drug-likeness (QED) is 0.186. The second-order valence-corrected chi connectivity index (χ2v) is 23.5. The first kappa shape index (κ1) is 54.6. The van der Waals surface area contributed by atoms with Gasteiger partial charge in [0.25, 0.3) is 0 Å². The Morgan fingerprint density at radius 1 is 0.549 bits per heavy atom. The maximum absolute atomic E-state index is 12.7. The van der Waals surface area contributed by atoms with Gasteiger partial charge in [0.15, 0.2) is 5.69 Å². The van der Waals surface area contributed by atoms with Crippen LogP contribution in [0, 0.1) is 13.5 Å². The molecule has 13 nitrogen and oxygen atoms in total. The van der Waals surface area contributed by atoms with Crippen LogP contribution in [0.3, 0.4) is 0 Å². The van der Waals surface area contributed by atoms with Crippen molar-refractivity contribution >= 4 is 47.2 Å². The van der Waals surface area contributed by atoms with Gasteiger partial charge in [0.1, 0.15) is 16.8 Å². The molecule has 3 saturated carbocycles. The van der Waals surface area contributed by atoms with Crippen LogP contribution in [0.5, 0.6) is 0 Å². The molecule has 3 fully saturated rings. The molecule has 3 aromatic carbocycles. The third-order valence-corrected chi connectivity index (χ3v) is 14.8. The smallest absolute Gasteiger partial charge is 0.414 e. The van der Waals surface area contributed by atoms with Crippen LogP contribution >= 0.6 is 0 Å². The predicted molar refractivity (Wildman–Crippen MR) is 276 cm³/mol. The van der Waals surface area contributed by atoms with Crippen LogP contribution in [-0.4, -0.2) is 66.0 Å². The molecule has 9 rings (SSSR count). The normalized spacial score (nSPS) is 19.0. The number of fused-ring (bicyclic) bond motifs is 6. The zero-order valence-electron chi connectivity index (χ0n) is 44.1. The van der Waals surface area contributed by atoms with Crippen LogP contribution < -0.4 is 14.7 Å². The number of carbonyl (C=O) groups excluding carboxylic acids is 5. The van der Waals surface area contributed by atoms with Crippen molar-refractivity contribution in [1.29, 1.82) is 0 Å². The minimum absolute atomic E-state index is 0.0101. The SMILES string of the molecule is CC(C)(C)OC(=O)N1CC2(CCCCC2)c2c(CO)cccc21.Cc1cccc2c1C1(CCCCC1)CN2C(=O)OC(C)(C)C.O=C=O.[C-]#[N+]c1cccc2c1C1(CCCCC1)CN2C(=O)OC(C)(C)C. The van der Waals surface area contributed by atoms with E-state index in [1.165, 1.54) is 74.5 Å². The van der Waals surface area contributed by atoms with Crippen molar-refractivity contribution < 1.29 is 43.3 Å². The lowest BCUT2D eigenvalue weighted by atomic mass is 9.69. The van der Waals surface area contributed by atoms with Gasteiger partial charge >= 0.3 is 24.4 Å². The number of aryl methyl sites for hydroxylation is 1. The number of carbonyl (C=O) groups is 3. The Hall–Kier alpha value is -5.70. The lowest BCUT2D eigenvalue weighted by molar-refractivity contribution is -0.191. The Morgan fingerprint density at radius 3 is 1.24 bits per heavy atom. The Balaban J connectivity index is 0.000000169. The zero-order chi connectivity index (χ0) is 52.0. The van der Waals surface area contributed by atoms with Crippen LogP contribution in [-0.2, 0) is 46.7 Å². The third kappa shape index (κ3) is 12.3. The van der Waals surface area contributed by atoms with Gasteiger partial charge in [-0.05, 0) is 154 Å². The number of aliphatic hydroxyl groups is 1. The van der Waals surface area contributed by atoms with E-state index in [0.29, 0.717) is 18.8 Å². The van der Waals surface area contributed by atoms with Gasteiger partial charge in [0.2, 0.25) is 0 Å². The molecule has 3 aliphatic carbocycles. The topological polar surface area (TPSA) is 147 Å². The highest BCUT2D eigenvalue weighted by Crippen LogP contribution is 2.54. The number of hydrogen-bond donors (Lipinski definition) is 1. The Labute approximate surface area is 422 Å². The van der Waals surface area contributed by atoms with Gasteiger partial charge in [-0.2, -0.15) is 9.59 Å². The molecule has 3 aromatic rings. The van der Waals surface area contributed by atoms with Crippen molar-refractivity contribution in [2.45, 2.75) is 205 Å². The van der Waals surface area contributed by atoms with E-state index < -0.39 is 16.8 Å². The molecule has 6 aliphatic rings. The Morgan fingerprint density at radius 2 is 0.873 bits per heavy atom. The largest absolute Gasteiger partial charge is 0.443 e. The minimum Gasteiger partial charge on any atom is -0.443 e. The van der Waals surface area contributed by atoms with E-state index in [1.807, 2.05) is 110 Å². The van der Waals surface area contributed by atoms with Gasteiger partial charge in [-0.25, -0.2) is 19.2 Å². The van der Waals surface area contributed by atoms with Gasteiger partial charge in [-0.15, -0.1) is 0 Å². The molecule has 71 heavy (non-hydrogen) atoms. The monoisotopic (exact) mass is 975 g/mol. The van der Waals surface area contributed by atoms with Crippen molar-refractivity contribution in [3.63, 3.8) is 0 Å². The number of hydrogen-bond acceptors (Lipinski definition) is 9. The van der Waals surface area contributed by atoms with Crippen molar-refractivity contribution in [3.05, 3.63) is 93.8 Å². The number of benzene rings is 3. The van der Waals surface area contributed by atoms with Crippen molar-refractivity contribution in [1.82, 2.24) is 0 Å². The number of nitrogens with zero attached hydrogens (tertiary/aromatic N) is 4. The molecule has 0 saturated heterocycles. The molecule has 3 spiro atoms. The van der Waals surface area contributed by atoms with Gasteiger partial charge in [0.05, 0.1) is 24.6 Å². The summed E-state index contributed by atoms with van der Waals surface area (Å²) in [4.78, 5) is 63.4. The molecule has 0 radical (unpaired) electrons. The fourth-order valence-electron chi connectivity index (χ4n) is 12.3. The van der Waals surface area contributed by atoms with Crippen LogP contribution in [0.1, 0.15) is 186 Å². The second kappa shape index (κ2) is 22.0. The van der Waals surface area contributed by atoms with Crippen LogP contribution in [0.2, 0.25) is 0 Å². The van der Waals surface area contributed by atoms with E-state index in [-0.39, 0.29) is 47.3 Å². The van der Waals surface area contributed by atoms with Crippen LogP contribution in [0.15, 0.2) is 54.6 Å². The Bertz CT molecular complexity index is 2460. The molecular weight excluding hydrogens is 897 g/mol. The second-order valence-electron chi connectivity index (χ2n) is 23.5. The van der Waals surface area contributed by atoms with Crippen LogP contribution in [0.25, 0.3) is 4.85 Å². The number of ether oxygens (including phenoxy) is 3. The van der Waals surface area contributed by atoms with E-state index in [2.05, 4.69) is 23.9 Å². The minimum atomic E-state index is -0.517. The average molecular weight is 975 g/mol. The molecule has 3 aliphatic heterocycles. The van der Waals surface area contributed by atoms with Crippen LogP contribution in [0.4, 0.5) is 37.1 Å². The summed E-state index contributed by atoms with van der Waals surface area (Å²) in [6.45, 7) is 28.9. The summed E-state index contributed by atoms with van der Waals surface area (Å²) in [6, 6.07) is 17.9. The molecule has 1 N–H and O–H groups in total.